The first kappa shape index (κ1) is 15.0. The Morgan fingerprint density at radius 1 is 1.26 bits per heavy atom. The highest BCUT2D eigenvalue weighted by Crippen LogP contribution is 2.08. The van der Waals surface area contributed by atoms with Gasteiger partial charge in [-0.1, -0.05) is 18.2 Å². The van der Waals surface area contributed by atoms with Gasteiger partial charge in [-0.25, -0.2) is 4.79 Å². The van der Waals surface area contributed by atoms with Gasteiger partial charge in [0, 0.05) is 6.42 Å². The number of methoxy groups -OCH3 is 1. The first-order valence-corrected chi connectivity index (χ1v) is 6.18. The Labute approximate surface area is 112 Å². The number of carbonyl (C=O) groups excluding carboxylic acids is 2. The van der Waals surface area contributed by atoms with Crippen molar-refractivity contribution in [3.8, 4) is 5.75 Å². The van der Waals surface area contributed by atoms with E-state index in [-0.39, 0.29) is 5.91 Å². The highest BCUT2D eigenvalue weighted by atomic mass is 16.5. The van der Waals surface area contributed by atoms with Crippen LogP contribution in [-0.2, 0) is 14.3 Å². The Morgan fingerprint density at radius 3 is 2.58 bits per heavy atom. The molecule has 1 amide bonds. The molecule has 0 aromatic heterocycles. The second-order valence-corrected chi connectivity index (χ2v) is 4.08. The minimum Gasteiger partial charge on any atom is -0.494 e. The Bertz CT molecular complexity index is 405. The van der Waals surface area contributed by atoms with Gasteiger partial charge >= 0.3 is 5.97 Å². The van der Waals surface area contributed by atoms with Crippen LogP contribution in [0.15, 0.2) is 30.3 Å². The lowest BCUT2D eigenvalue weighted by Crippen LogP contribution is -2.39. The maximum atomic E-state index is 11.5. The molecule has 0 aliphatic rings. The van der Waals surface area contributed by atoms with Crippen LogP contribution in [0.2, 0.25) is 0 Å². The lowest BCUT2D eigenvalue weighted by Gasteiger charge is -2.11. The molecule has 1 N–H and O–H groups in total. The summed E-state index contributed by atoms with van der Waals surface area (Å²) >= 11 is 0. The van der Waals surface area contributed by atoms with E-state index in [0.29, 0.717) is 19.4 Å². The maximum absolute atomic E-state index is 11.5. The molecule has 5 nitrogen and oxygen atoms in total. The molecule has 0 aliphatic carbocycles. The Morgan fingerprint density at radius 2 is 1.95 bits per heavy atom. The van der Waals surface area contributed by atoms with Gasteiger partial charge in [0.25, 0.3) is 0 Å². The number of benzene rings is 1. The third kappa shape index (κ3) is 5.90. The molecule has 19 heavy (non-hydrogen) atoms. The number of rotatable bonds is 7. The Hall–Kier alpha value is -2.04. The molecule has 1 aromatic carbocycles. The number of carbonyl (C=O) groups is 2. The lowest BCUT2D eigenvalue weighted by atomic mass is 10.2. The maximum Gasteiger partial charge on any atom is 0.328 e. The van der Waals surface area contributed by atoms with Gasteiger partial charge in [0.1, 0.15) is 11.8 Å². The van der Waals surface area contributed by atoms with Gasteiger partial charge in [0.2, 0.25) is 5.91 Å². The van der Waals surface area contributed by atoms with Crippen LogP contribution in [0.4, 0.5) is 0 Å². The number of para-hydroxylation sites is 1. The Balaban J connectivity index is 2.15. The second kappa shape index (κ2) is 8.13. The molecule has 5 heteroatoms. The van der Waals surface area contributed by atoms with Crippen LogP contribution in [0.1, 0.15) is 19.8 Å². The molecule has 0 spiro atoms. The molecule has 0 radical (unpaired) electrons. The summed E-state index contributed by atoms with van der Waals surface area (Å²) in [6, 6.07) is 8.79. The van der Waals surface area contributed by atoms with Gasteiger partial charge in [0.05, 0.1) is 13.7 Å². The first-order chi connectivity index (χ1) is 9.13. The van der Waals surface area contributed by atoms with Crippen LogP contribution >= 0.6 is 0 Å². The van der Waals surface area contributed by atoms with Crippen molar-refractivity contribution < 1.29 is 19.1 Å². The van der Waals surface area contributed by atoms with Gasteiger partial charge < -0.3 is 14.8 Å². The zero-order valence-electron chi connectivity index (χ0n) is 11.2. The summed E-state index contributed by atoms with van der Waals surface area (Å²) in [5, 5.41) is 2.56. The summed E-state index contributed by atoms with van der Waals surface area (Å²) in [6.07, 6.45) is 0.906. The number of nitrogens with one attached hydrogen (secondary N) is 1. The molecule has 0 bridgehead atoms. The number of esters is 1. The zero-order valence-corrected chi connectivity index (χ0v) is 11.2. The van der Waals surface area contributed by atoms with E-state index in [1.165, 1.54) is 7.11 Å². The molecule has 1 unspecified atom stereocenters. The summed E-state index contributed by atoms with van der Waals surface area (Å²) in [7, 11) is 1.29. The van der Waals surface area contributed by atoms with Crippen LogP contribution in [0, 0.1) is 0 Å². The van der Waals surface area contributed by atoms with E-state index in [1.54, 1.807) is 6.92 Å². The summed E-state index contributed by atoms with van der Waals surface area (Å²) in [5.41, 5.74) is 0. The lowest BCUT2D eigenvalue weighted by molar-refractivity contribution is -0.144. The van der Waals surface area contributed by atoms with Crippen LogP contribution in [0.5, 0.6) is 5.75 Å². The molecule has 0 aliphatic heterocycles. The predicted octanol–water partition coefficient (Wildman–Crippen LogP) is 1.52. The van der Waals surface area contributed by atoms with Crippen LogP contribution in [0.3, 0.4) is 0 Å². The minimum absolute atomic E-state index is 0.186. The number of hydrogen-bond acceptors (Lipinski definition) is 4. The van der Waals surface area contributed by atoms with E-state index in [9.17, 15) is 9.59 Å². The number of amides is 1. The molecule has 1 atom stereocenters. The van der Waals surface area contributed by atoms with E-state index in [4.69, 9.17) is 4.74 Å². The first-order valence-electron chi connectivity index (χ1n) is 6.18. The SMILES string of the molecule is COC(=O)C(C)NC(=O)CCCOc1ccccc1. The minimum atomic E-state index is -0.618. The van der Waals surface area contributed by atoms with Gasteiger partial charge in [0.15, 0.2) is 0 Å². The van der Waals surface area contributed by atoms with Gasteiger partial charge in [-0.3, -0.25) is 4.79 Å². The molecule has 0 saturated heterocycles. The van der Waals surface area contributed by atoms with Crippen molar-refractivity contribution >= 4 is 11.9 Å². The molecule has 1 aromatic rings. The fourth-order valence-electron chi connectivity index (χ4n) is 1.49. The highest BCUT2D eigenvalue weighted by Gasteiger charge is 2.15. The highest BCUT2D eigenvalue weighted by molar-refractivity contribution is 5.83. The predicted molar refractivity (Wildman–Crippen MR) is 70.8 cm³/mol. The van der Waals surface area contributed by atoms with Crippen molar-refractivity contribution in [1.82, 2.24) is 5.32 Å². The smallest absolute Gasteiger partial charge is 0.328 e. The van der Waals surface area contributed by atoms with E-state index >= 15 is 0 Å². The molecular weight excluding hydrogens is 246 g/mol. The summed E-state index contributed by atoms with van der Waals surface area (Å²) < 4.78 is 9.98. The quantitative estimate of drug-likeness (QED) is 0.599. The number of hydrogen-bond donors (Lipinski definition) is 1. The van der Waals surface area contributed by atoms with E-state index in [2.05, 4.69) is 10.1 Å². The van der Waals surface area contributed by atoms with Crippen molar-refractivity contribution in [2.45, 2.75) is 25.8 Å². The second-order valence-electron chi connectivity index (χ2n) is 4.08. The molecule has 0 heterocycles. The molecular formula is C14H19NO4. The van der Waals surface area contributed by atoms with Crippen LogP contribution < -0.4 is 10.1 Å². The van der Waals surface area contributed by atoms with E-state index < -0.39 is 12.0 Å². The fourth-order valence-corrected chi connectivity index (χ4v) is 1.49. The van der Waals surface area contributed by atoms with Crippen molar-refractivity contribution in [1.29, 1.82) is 0 Å². The largest absolute Gasteiger partial charge is 0.494 e. The van der Waals surface area contributed by atoms with Gasteiger partial charge in [-0.15, -0.1) is 0 Å². The topological polar surface area (TPSA) is 64.6 Å². The van der Waals surface area contributed by atoms with Crippen molar-refractivity contribution in [3.05, 3.63) is 30.3 Å². The fraction of sp³-hybridized carbons (Fsp3) is 0.429. The van der Waals surface area contributed by atoms with Gasteiger partial charge in [-0.2, -0.15) is 0 Å². The van der Waals surface area contributed by atoms with Crippen molar-refractivity contribution in [3.63, 3.8) is 0 Å². The average molecular weight is 265 g/mol. The third-order valence-electron chi connectivity index (χ3n) is 2.49. The van der Waals surface area contributed by atoms with Crippen molar-refractivity contribution in [2.75, 3.05) is 13.7 Å². The van der Waals surface area contributed by atoms with E-state index in [0.717, 1.165) is 5.75 Å². The number of ether oxygens (including phenoxy) is 2. The van der Waals surface area contributed by atoms with Crippen LogP contribution in [0.25, 0.3) is 0 Å². The van der Waals surface area contributed by atoms with E-state index in [1.807, 2.05) is 30.3 Å². The van der Waals surface area contributed by atoms with Crippen LogP contribution in [-0.4, -0.2) is 31.6 Å². The zero-order chi connectivity index (χ0) is 14.1. The summed E-state index contributed by atoms with van der Waals surface area (Å²) in [6.45, 7) is 2.05. The third-order valence-corrected chi connectivity index (χ3v) is 2.49. The summed E-state index contributed by atoms with van der Waals surface area (Å²) in [4.78, 5) is 22.6. The molecule has 104 valence electrons. The standard InChI is InChI=1S/C14H19NO4/c1-11(14(17)18-2)15-13(16)9-6-10-19-12-7-4-3-5-8-12/h3-5,7-8,11H,6,9-10H2,1-2H3,(H,15,16). The molecule has 0 saturated carbocycles. The average Bonchev–Trinajstić information content (AvgIpc) is 2.43. The molecule has 1 rings (SSSR count). The Kier molecular flexibility index (Phi) is 6.43. The van der Waals surface area contributed by atoms with Gasteiger partial charge in [-0.05, 0) is 25.5 Å². The molecule has 0 fully saturated rings. The monoisotopic (exact) mass is 265 g/mol. The summed E-state index contributed by atoms with van der Waals surface area (Å²) in [5.74, 6) is 0.147. The van der Waals surface area contributed by atoms with Crippen molar-refractivity contribution in [2.24, 2.45) is 0 Å². The normalized spacial score (nSPS) is 11.5.